The second kappa shape index (κ2) is 8.29. The molecule has 0 amide bonds. The van der Waals surface area contributed by atoms with Crippen molar-refractivity contribution in [1.82, 2.24) is 15.0 Å². The van der Waals surface area contributed by atoms with E-state index in [4.69, 9.17) is 0 Å². The number of nitrogens with zero attached hydrogens (tertiary/aromatic N) is 4. The molecule has 0 aliphatic carbocycles. The minimum atomic E-state index is 0.194. The largest absolute Gasteiger partial charge is 0.395 e. The maximum Gasteiger partial charge on any atom is 0.190 e. The highest BCUT2D eigenvalue weighted by atomic mass is 79.9. The maximum absolute atomic E-state index is 9.22. The summed E-state index contributed by atoms with van der Waals surface area (Å²) in [6.07, 6.45) is 12.0. The Labute approximate surface area is 170 Å². The molecule has 4 rings (SSSR count). The predicted molar refractivity (Wildman–Crippen MR) is 115 cm³/mol. The van der Waals surface area contributed by atoms with Crippen LogP contribution in [0.25, 0.3) is 22.6 Å². The van der Waals surface area contributed by atoms with E-state index in [-0.39, 0.29) is 6.61 Å². The zero-order valence-electron chi connectivity index (χ0n) is 14.7. The van der Waals surface area contributed by atoms with E-state index in [0.717, 1.165) is 33.8 Å². The minimum absolute atomic E-state index is 0.194. The number of anilines is 1. The smallest absolute Gasteiger partial charge is 0.190 e. The van der Waals surface area contributed by atoms with Gasteiger partial charge in [-0.2, -0.15) is 0 Å². The maximum atomic E-state index is 9.22. The molecule has 1 N–H and O–H groups in total. The van der Waals surface area contributed by atoms with Gasteiger partial charge >= 0.3 is 0 Å². The molecule has 2 aromatic heterocycles. The fourth-order valence-corrected chi connectivity index (χ4v) is 4.45. The van der Waals surface area contributed by atoms with Crippen molar-refractivity contribution in [2.24, 2.45) is 0 Å². The van der Waals surface area contributed by atoms with E-state index in [0.29, 0.717) is 12.2 Å². The molecule has 5 nitrogen and oxygen atoms in total. The number of β-amino-alcohol motifs (C(OH)–C–C–N with tert-alkyl or cyclic N) is 1. The van der Waals surface area contributed by atoms with Crippen LogP contribution >= 0.6 is 27.3 Å². The molecule has 0 fully saturated rings. The molecule has 0 unspecified atom stereocenters. The van der Waals surface area contributed by atoms with Crippen molar-refractivity contribution in [3.8, 4) is 0 Å². The van der Waals surface area contributed by atoms with Crippen LogP contribution in [0.5, 0.6) is 0 Å². The molecule has 27 heavy (non-hydrogen) atoms. The van der Waals surface area contributed by atoms with E-state index >= 15 is 0 Å². The fraction of sp³-hybridized carbons (Fsp3) is 0.250. The van der Waals surface area contributed by atoms with Crippen molar-refractivity contribution in [3.63, 3.8) is 0 Å². The number of rotatable bonds is 5. The van der Waals surface area contributed by atoms with Crippen LogP contribution in [0, 0.1) is 0 Å². The summed E-state index contributed by atoms with van der Waals surface area (Å²) in [6, 6.07) is 6.53. The molecule has 0 atom stereocenters. The van der Waals surface area contributed by atoms with Crippen LogP contribution in [0.3, 0.4) is 0 Å². The van der Waals surface area contributed by atoms with Crippen molar-refractivity contribution < 1.29 is 5.11 Å². The fourth-order valence-electron chi connectivity index (χ4n) is 3.24. The molecule has 0 bridgehead atoms. The van der Waals surface area contributed by atoms with Gasteiger partial charge in [-0.15, -0.1) is 0 Å². The van der Waals surface area contributed by atoms with Crippen molar-refractivity contribution >= 4 is 55.6 Å². The molecule has 3 aromatic rings. The lowest BCUT2D eigenvalue weighted by molar-refractivity contribution is 0.301. The van der Waals surface area contributed by atoms with Crippen LogP contribution in [0.2, 0.25) is 0 Å². The van der Waals surface area contributed by atoms with Gasteiger partial charge in [-0.25, -0.2) is 15.0 Å². The molecule has 0 saturated heterocycles. The lowest BCUT2D eigenvalue weighted by atomic mass is 9.99. The van der Waals surface area contributed by atoms with Crippen LogP contribution in [-0.4, -0.2) is 39.8 Å². The van der Waals surface area contributed by atoms with Gasteiger partial charge in [0.25, 0.3) is 0 Å². The Kier molecular flexibility index (Phi) is 5.61. The van der Waals surface area contributed by atoms with E-state index in [1.54, 1.807) is 6.20 Å². The molecule has 1 aromatic carbocycles. The normalized spacial score (nSPS) is 14.5. The highest BCUT2D eigenvalue weighted by Crippen LogP contribution is 2.28. The summed E-state index contributed by atoms with van der Waals surface area (Å²) in [7, 11) is 0. The number of allylic oxidation sites excluding steroid dienone is 2. The van der Waals surface area contributed by atoms with Gasteiger partial charge in [0.2, 0.25) is 0 Å². The lowest BCUT2D eigenvalue weighted by Gasteiger charge is -2.31. The van der Waals surface area contributed by atoms with Gasteiger partial charge in [-0.3, -0.25) is 0 Å². The van der Waals surface area contributed by atoms with E-state index in [1.165, 1.54) is 28.2 Å². The van der Waals surface area contributed by atoms with E-state index in [9.17, 15) is 5.11 Å². The zero-order valence-corrected chi connectivity index (χ0v) is 17.1. The van der Waals surface area contributed by atoms with Crippen molar-refractivity contribution in [3.05, 3.63) is 57.3 Å². The van der Waals surface area contributed by atoms with Crippen LogP contribution < -0.4 is 4.90 Å². The summed E-state index contributed by atoms with van der Waals surface area (Å²) in [5, 5.41) is 10.1. The molecule has 1 aliphatic heterocycles. The summed E-state index contributed by atoms with van der Waals surface area (Å²) in [4.78, 5) is 16.2. The van der Waals surface area contributed by atoms with Gasteiger partial charge in [0.05, 0.1) is 12.8 Å². The third-order valence-electron chi connectivity index (χ3n) is 4.44. The zero-order chi connectivity index (χ0) is 18.6. The van der Waals surface area contributed by atoms with Gasteiger partial charge in [0.1, 0.15) is 9.61 Å². The number of thiazole rings is 1. The number of aliphatic hydroxyl groups is 1. The Balaban J connectivity index is 1.47. The summed E-state index contributed by atoms with van der Waals surface area (Å²) in [5.41, 5.74) is 4.47. The molecule has 3 heterocycles. The Hall–Kier alpha value is -2.09. The van der Waals surface area contributed by atoms with Crippen LogP contribution in [0.15, 0.2) is 41.2 Å². The Bertz CT molecular complexity index is 1010. The van der Waals surface area contributed by atoms with E-state index < -0.39 is 0 Å². The van der Waals surface area contributed by atoms with Crippen LogP contribution in [-0.2, 0) is 6.42 Å². The number of halogens is 1. The van der Waals surface area contributed by atoms with Crippen molar-refractivity contribution in [2.75, 3.05) is 24.6 Å². The number of hydrogen-bond donors (Lipinski definition) is 1. The molecule has 7 heteroatoms. The number of hydrogen-bond acceptors (Lipinski definition) is 6. The van der Waals surface area contributed by atoms with Gasteiger partial charge in [-0.1, -0.05) is 35.6 Å². The standard InChI is InChI=1S/C20H19BrN4OS/c21-17-13-22-19-20(23-17)27-18(24-19)6-2-1-4-14-7-8-16-15(12-14)5-3-9-25(16)10-11-26/h1-2,4,6-8,12-13,26H,3,5,9-11H2/b4-1+,6-2+. The van der Waals surface area contributed by atoms with Gasteiger partial charge in [-0.05, 0) is 58.1 Å². The Morgan fingerprint density at radius 2 is 2.11 bits per heavy atom. The number of aromatic nitrogens is 3. The van der Waals surface area contributed by atoms with Crippen molar-refractivity contribution in [1.29, 1.82) is 0 Å². The number of aryl methyl sites for hydroxylation is 1. The summed E-state index contributed by atoms with van der Waals surface area (Å²) >= 11 is 4.85. The molecule has 0 radical (unpaired) electrons. The first-order chi connectivity index (χ1) is 13.2. The Morgan fingerprint density at radius 1 is 1.22 bits per heavy atom. The van der Waals surface area contributed by atoms with Gasteiger partial charge in [0.15, 0.2) is 10.5 Å². The molecule has 0 spiro atoms. The summed E-state index contributed by atoms with van der Waals surface area (Å²) in [6.45, 7) is 1.92. The molecule has 138 valence electrons. The van der Waals surface area contributed by atoms with Crippen LogP contribution in [0.1, 0.15) is 22.6 Å². The number of benzene rings is 1. The molecular formula is C20H19BrN4OS. The first-order valence-electron chi connectivity index (χ1n) is 8.85. The predicted octanol–water partition coefficient (Wildman–Crippen LogP) is 4.32. The molecular weight excluding hydrogens is 424 g/mol. The van der Waals surface area contributed by atoms with E-state index in [2.05, 4.69) is 60.1 Å². The van der Waals surface area contributed by atoms with Crippen molar-refractivity contribution in [2.45, 2.75) is 12.8 Å². The van der Waals surface area contributed by atoms with Gasteiger partial charge in [0, 0.05) is 18.8 Å². The highest BCUT2D eigenvalue weighted by molar-refractivity contribution is 9.10. The average Bonchev–Trinajstić information content (AvgIpc) is 3.07. The van der Waals surface area contributed by atoms with Gasteiger partial charge < -0.3 is 10.0 Å². The third-order valence-corrected chi connectivity index (χ3v) is 5.72. The summed E-state index contributed by atoms with van der Waals surface area (Å²) in [5.74, 6) is 0. The number of aliphatic hydroxyl groups excluding tert-OH is 1. The first-order valence-corrected chi connectivity index (χ1v) is 10.5. The number of fused-ring (bicyclic) bond motifs is 2. The monoisotopic (exact) mass is 442 g/mol. The van der Waals surface area contributed by atoms with E-state index in [1.807, 2.05) is 18.2 Å². The molecule has 0 saturated carbocycles. The second-order valence-corrected chi connectivity index (χ2v) is 8.12. The third kappa shape index (κ3) is 4.26. The highest BCUT2D eigenvalue weighted by Gasteiger charge is 2.15. The SMILES string of the molecule is OCCN1CCCc2cc(/C=C/C=C/c3nc4ncc(Br)nc4s3)ccc21. The minimum Gasteiger partial charge on any atom is -0.395 e. The summed E-state index contributed by atoms with van der Waals surface area (Å²) < 4.78 is 0.721. The topological polar surface area (TPSA) is 62.1 Å². The quantitative estimate of drug-likeness (QED) is 0.596. The first kappa shape index (κ1) is 18.3. The average molecular weight is 443 g/mol. The van der Waals surface area contributed by atoms with Crippen LogP contribution in [0.4, 0.5) is 5.69 Å². The molecule has 1 aliphatic rings. The Morgan fingerprint density at radius 3 is 3.00 bits per heavy atom. The second-order valence-electron chi connectivity index (χ2n) is 6.29. The lowest BCUT2D eigenvalue weighted by Crippen LogP contribution is -2.31.